The van der Waals surface area contributed by atoms with Crippen LogP contribution in [0.4, 0.5) is 5.82 Å². The van der Waals surface area contributed by atoms with Crippen molar-refractivity contribution < 1.29 is 14.3 Å². The van der Waals surface area contributed by atoms with Gasteiger partial charge in [-0.2, -0.15) is 0 Å². The van der Waals surface area contributed by atoms with Gasteiger partial charge in [-0.1, -0.05) is 18.2 Å². The molecule has 2 aliphatic heterocycles. The lowest BCUT2D eigenvalue weighted by Gasteiger charge is -2.31. The average molecular weight is 438 g/mol. The lowest BCUT2D eigenvalue weighted by Crippen LogP contribution is -2.38. The summed E-state index contributed by atoms with van der Waals surface area (Å²) in [7, 11) is 3.49. The molecule has 1 N–H and O–H groups in total. The Kier molecular flexibility index (Phi) is 6.99. The van der Waals surface area contributed by atoms with E-state index in [9.17, 15) is 9.59 Å². The van der Waals surface area contributed by atoms with E-state index in [4.69, 9.17) is 14.7 Å². The highest BCUT2D eigenvalue weighted by Gasteiger charge is 2.33. The summed E-state index contributed by atoms with van der Waals surface area (Å²) >= 11 is 0. The van der Waals surface area contributed by atoms with Crippen molar-refractivity contribution in [3.8, 4) is 0 Å². The second-order valence-corrected chi connectivity index (χ2v) is 8.45. The number of likely N-dealkylation sites (tertiary alicyclic amines) is 2. The van der Waals surface area contributed by atoms with Crippen molar-refractivity contribution in [1.29, 1.82) is 0 Å². The number of ether oxygens (including phenoxy) is 1. The summed E-state index contributed by atoms with van der Waals surface area (Å²) in [6, 6.07) is 11.4. The summed E-state index contributed by atoms with van der Waals surface area (Å²) in [5.41, 5.74) is 1.64. The van der Waals surface area contributed by atoms with E-state index >= 15 is 0 Å². The van der Waals surface area contributed by atoms with Crippen LogP contribution in [0, 0.1) is 0 Å². The van der Waals surface area contributed by atoms with E-state index in [1.54, 1.807) is 7.11 Å². The molecule has 1 aromatic carbocycles. The van der Waals surface area contributed by atoms with Crippen LogP contribution in [0.3, 0.4) is 0 Å². The molecule has 0 radical (unpaired) electrons. The number of nitrogens with zero attached hydrogens (tertiary/aromatic N) is 4. The third-order valence-corrected chi connectivity index (χ3v) is 6.39. The smallest absolute Gasteiger partial charge is 0.253 e. The molecule has 2 aliphatic rings. The van der Waals surface area contributed by atoms with Crippen molar-refractivity contribution in [2.75, 3.05) is 52.3 Å². The molecule has 8 heteroatoms. The molecule has 4 rings (SSSR count). The molecular formula is C24H31N5O3. The van der Waals surface area contributed by atoms with Gasteiger partial charge in [-0.25, -0.2) is 9.97 Å². The first kappa shape index (κ1) is 22.2. The van der Waals surface area contributed by atoms with Gasteiger partial charge in [0, 0.05) is 70.2 Å². The SMILES string of the molecule is CNc1cc([C@H]2CC(=O)N(CCOC)C2)nc(C2CCN(C(=O)c3ccccc3)CC2)n1. The molecule has 1 atom stereocenters. The molecule has 0 bridgehead atoms. The van der Waals surface area contributed by atoms with Crippen LogP contribution in [0.5, 0.6) is 0 Å². The lowest BCUT2D eigenvalue weighted by atomic mass is 9.94. The Balaban J connectivity index is 1.44. The van der Waals surface area contributed by atoms with Crippen molar-refractivity contribution in [1.82, 2.24) is 19.8 Å². The largest absolute Gasteiger partial charge is 0.383 e. The standard InChI is InChI=1S/C24H31N5O3/c1-25-21-15-20(19-14-22(30)29(16-19)12-13-32-2)26-23(27-21)17-8-10-28(11-9-17)24(31)18-6-4-3-5-7-18/h3-7,15,17,19H,8-14,16H2,1-2H3,(H,25,26,27)/t19-/m0/s1. The number of piperidine rings is 1. The van der Waals surface area contributed by atoms with Crippen LogP contribution in [0.2, 0.25) is 0 Å². The second kappa shape index (κ2) is 10.1. The van der Waals surface area contributed by atoms with E-state index in [2.05, 4.69) is 5.32 Å². The quantitative estimate of drug-likeness (QED) is 0.716. The molecule has 2 fully saturated rings. The average Bonchev–Trinajstić information content (AvgIpc) is 3.23. The molecule has 2 aromatic rings. The third-order valence-electron chi connectivity index (χ3n) is 6.39. The summed E-state index contributed by atoms with van der Waals surface area (Å²) in [6.45, 7) is 3.18. The van der Waals surface area contributed by atoms with Gasteiger partial charge in [-0.15, -0.1) is 0 Å². The highest BCUT2D eigenvalue weighted by atomic mass is 16.5. The maximum absolute atomic E-state index is 12.7. The van der Waals surface area contributed by atoms with Crippen LogP contribution in [-0.4, -0.2) is 78.5 Å². The van der Waals surface area contributed by atoms with Crippen LogP contribution in [0.15, 0.2) is 36.4 Å². The van der Waals surface area contributed by atoms with Crippen molar-refractivity contribution in [3.05, 3.63) is 53.5 Å². The van der Waals surface area contributed by atoms with Crippen LogP contribution >= 0.6 is 0 Å². The molecular weight excluding hydrogens is 406 g/mol. The summed E-state index contributed by atoms with van der Waals surface area (Å²) < 4.78 is 5.12. The lowest BCUT2D eigenvalue weighted by molar-refractivity contribution is -0.128. The number of carbonyl (C=O) groups is 2. The first-order valence-electron chi connectivity index (χ1n) is 11.3. The minimum atomic E-state index is 0.0629. The molecule has 1 aromatic heterocycles. The fourth-order valence-electron chi connectivity index (χ4n) is 4.50. The molecule has 0 unspecified atom stereocenters. The maximum Gasteiger partial charge on any atom is 0.253 e. The van der Waals surface area contributed by atoms with E-state index in [-0.39, 0.29) is 23.7 Å². The number of carbonyl (C=O) groups excluding carboxylic acids is 2. The highest BCUT2D eigenvalue weighted by Crippen LogP contribution is 2.32. The van der Waals surface area contributed by atoms with Crippen molar-refractivity contribution in [2.24, 2.45) is 0 Å². The molecule has 3 heterocycles. The number of rotatable bonds is 7. The number of methoxy groups -OCH3 is 1. The normalized spacial score (nSPS) is 19.4. The predicted octanol–water partition coefficient (Wildman–Crippen LogP) is 2.50. The van der Waals surface area contributed by atoms with Gasteiger partial charge in [0.2, 0.25) is 5.91 Å². The zero-order chi connectivity index (χ0) is 22.5. The fourth-order valence-corrected chi connectivity index (χ4v) is 4.50. The monoisotopic (exact) mass is 437 g/mol. The molecule has 2 amide bonds. The zero-order valence-corrected chi connectivity index (χ0v) is 18.8. The highest BCUT2D eigenvalue weighted by molar-refractivity contribution is 5.94. The minimum absolute atomic E-state index is 0.0629. The van der Waals surface area contributed by atoms with Gasteiger partial charge >= 0.3 is 0 Å². The fraction of sp³-hybridized carbons (Fsp3) is 0.500. The van der Waals surface area contributed by atoms with Crippen LogP contribution in [0.1, 0.15) is 53.0 Å². The van der Waals surface area contributed by atoms with Gasteiger partial charge in [-0.3, -0.25) is 9.59 Å². The van der Waals surface area contributed by atoms with E-state index < -0.39 is 0 Å². The Bertz CT molecular complexity index is 944. The van der Waals surface area contributed by atoms with Crippen LogP contribution in [-0.2, 0) is 9.53 Å². The van der Waals surface area contributed by atoms with Gasteiger partial charge in [0.15, 0.2) is 0 Å². The second-order valence-electron chi connectivity index (χ2n) is 8.45. The predicted molar refractivity (Wildman–Crippen MR) is 122 cm³/mol. The molecule has 0 saturated carbocycles. The van der Waals surface area contributed by atoms with E-state index in [1.165, 1.54) is 0 Å². The Morgan fingerprint density at radius 3 is 2.59 bits per heavy atom. The van der Waals surface area contributed by atoms with Gasteiger partial charge in [-0.05, 0) is 25.0 Å². The first-order valence-corrected chi connectivity index (χ1v) is 11.3. The number of aromatic nitrogens is 2. The summed E-state index contributed by atoms with van der Waals surface area (Å²) in [5, 5.41) is 3.14. The van der Waals surface area contributed by atoms with Gasteiger partial charge in [0.1, 0.15) is 11.6 Å². The van der Waals surface area contributed by atoms with Gasteiger partial charge < -0.3 is 19.9 Å². The number of hydrogen-bond donors (Lipinski definition) is 1. The van der Waals surface area contributed by atoms with Gasteiger partial charge in [0.25, 0.3) is 5.91 Å². The van der Waals surface area contributed by atoms with Gasteiger partial charge in [0.05, 0.1) is 12.3 Å². The molecule has 170 valence electrons. The van der Waals surface area contributed by atoms with Crippen molar-refractivity contribution in [3.63, 3.8) is 0 Å². The molecule has 2 saturated heterocycles. The van der Waals surface area contributed by atoms with E-state index in [1.807, 2.05) is 53.2 Å². The van der Waals surface area contributed by atoms with E-state index in [0.717, 1.165) is 35.7 Å². The Morgan fingerprint density at radius 2 is 1.91 bits per heavy atom. The summed E-state index contributed by atoms with van der Waals surface area (Å²) in [6.07, 6.45) is 2.12. The molecule has 32 heavy (non-hydrogen) atoms. The number of nitrogens with one attached hydrogen (secondary N) is 1. The number of hydrogen-bond acceptors (Lipinski definition) is 6. The van der Waals surface area contributed by atoms with Crippen molar-refractivity contribution in [2.45, 2.75) is 31.1 Å². The topological polar surface area (TPSA) is 87.7 Å². The minimum Gasteiger partial charge on any atom is -0.383 e. The van der Waals surface area contributed by atoms with E-state index in [0.29, 0.717) is 39.2 Å². The number of benzene rings is 1. The Morgan fingerprint density at radius 1 is 1.16 bits per heavy atom. The zero-order valence-electron chi connectivity index (χ0n) is 18.8. The summed E-state index contributed by atoms with van der Waals surface area (Å²) in [5.74, 6) is 2.06. The first-order chi connectivity index (χ1) is 15.6. The Hall–Kier alpha value is -3.00. The molecule has 0 aliphatic carbocycles. The Labute approximate surface area is 189 Å². The maximum atomic E-state index is 12.7. The van der Waals surface area contributed by atoms with Crippen LogP contribution in [0.25, 0.3) is 0 Å². The van der Waals surface area contributed by atoms with Crippen LogP contribution < -0.4 is 5.32 Å². The third kappa shape index (κ3) is 4.91. The molecule has 0 spiro atoms. The summed E-state index contributed by atoms with van der Waals surface area (Å²) in [4.78, 5) is 38.5. The van der Waals surface area contributed by atoms with Crippen molar-refractivity contribution >= 4 is 17.6 Å². The molecule has 8 nitrogen and oxygen atoms in total. The number of anilines is 1. The number of amides is 2.